The molecule has 0 fully saturated rings. The van der Waals surface area contributed by atoms with Crippen LogP contribution in [-0.2, 0) is 14.3 Å². The molecule has 0 radical (unpaired) electrons. The van der Waals surface area contributed by atoms with E-state index in [0.29, 0.717) is 26.2 Å². The van der Waals surface area contributed by atoms with Crippen molar-refractivity contribution in [2.45, 2.75) is 13.3 Å². The third-order valence-corrected chi connectivity index (χ3v) is 2.51. The third kappa shape index (κ3) is 5.57. The van der Waals surface area contributed by atoms with Crippen LogP contribution in [0.5, 0.6) is 0 Å². The molecule has 0 aliphatic rings. The van der Waals surface area contributed by atoms with Gasteiger partial charge in [-0.05, 0) is 19.4 Å². The van der Waals surface area contributed by atoms with Gasteiger partial charge in [-0.15, -0.1) is 0 Å². The van der Waals surface area contributed by atoms with Crippen molar-refractivity contribution in [2.75, 3.05) is 25.1 Å². The fourth-order valence-corrected chi connectivity index (χ4v) is 1.52. The van der Waals surface area contributed by atoms with Crippen molar-refractivity contribution in [3.8, 4) is 0 Å². The summed E-state index contributed by atoms with van der Waals surface area (Å²) in [6.07, 6.45) is 0.582. The predicted octanol–water partition coefficient (Wildman–Crippen LogP) is 1.08. The van der Waals surface area contributed by atoms with Gasteiger partial charge in [0.1, 0.15) is 5.69 Å². The molecule has 2 N–H and O–H groups in total. The van der Waals surface area contributed by atoms with Gasteiger partial charge in [0.05, 0.1) is 4.92 Å². The number of nitrogens with zero attached hydrogens (tertiary/aromatic N) is 1. The molecule has 8 heteroatoms. The summed E-state index contributed by atoms with van der Waals surface area (Å²) in [6, 6.07) is 5.61. The highest BCUT2D eigenvalue weighted by molar-refractivity contribution is 6.39. The Morgan fingerprint density at radius 1 is 1.29 bits per heavy atom. The zero-order valence-electron chi connectivity index (χ0n) is 11.6. The number of carbonyl (C=O) groups is 2. The van der Waals surface area contributed by atoms with Gasteiger partial charge < -0.3 is 15.4 Å². The fraction of sp³-hybridized carbons (Fsp3) is 0.385. The maximum atomic E-state index is 11.6. The minimum absolute atomic E-state index is 0.0167. The number of hydrogen-bond acceptors (Lipinski definition) is 5. The van der Waals surface area contributed by atoms with Crippen LogP contribution in [0.2, 0.25) is 0 Å². The normalized spacial score (nSPS) is 9.95. The largest absolute Gasteiger partial charge is 0.382 e. The van der Waals surface area contributed by atoms with E-state index in [1.807, 2.05) is 6.92 Å². The van der Waals surface area contributed by atoms with Crippen molar-refractivity contribution in [1.29, 1.82) is 0 Å². The van der Waals surface area contributed by atoms with E-state index in [9.17, 15) is 19.7 Å². The van der Waals surface area contributed by atoms with E-state index in [-0.39, 0.29) is 11.4 Å². The van der Waals surface area contributed by atoms with Gasteiger partial charge in [-0.3, -0.25) is 19.7 Å². The predicted molar refractivity (Wildman–Crippen MR) is 75.8 cm³/mol. The van der Waals surface area contributed by atoms with Gasteiger partial charge in [0.2, 0.25) is 0 Å². The van der Waals surface area contributed by atoms with Crippen LogP contribution < -0.4 is 10.6 Å². The molecule has 1 rings (SSSR count). The Morgan fingerprint density at radius 2 is 2.00 bits per heavy atom. The molecule has 21 heavy (non-hydrogen) atoms. The zero-order valence-corrected chi connectivity index (χ0v) is 11.6. The minimum atomic E-state index is -0.944. The molecule has 0 aliphatic heterocycles. The van der Waals surface area contributed by atoms with E-state index in [2.05, 4.69) is 10.6 Å². The number of amides is 2. The average molecular weight is 295 g/mol. The van der Waals surface area contributed by atoms with E-state index in [0.717, 1.165) is 0 Å². The first-order valence-corrected chi connectivity index (χ1v) is 6.46. The Bertz CT molecular complexity index is 518. The molecular formula is C13H17N3O5. The quantitative estimate of drug-likeness (QED) is 0.338. The molecule has 2 amide bonds. The van der Waals surface area contributed by atoms with Gasteiger partial charge in [-0.2, -0.15) is 0 Å². The molecule has 0 atom stereocenters. The van der Waals surface area contributed by atoms with Gasteiger partial charge in [-0.25, -0.2) is 0 Å². The summed E-state index contributed by atoms with van der Waals surface area (Å²) in [5, 5.41) is 15.4. The van der Waals surface area contributed by atoms with E-state index in [1.54, 1.807) is 0 Å². The lowest BCUT2D eigenvalue weighted by atomic mass is 10.2. The molecule has 8 nitrogen and oxygen atoms in total. The standard InChI is InChI=1S/C13H17N3O5/c1-2-21-9-5-8-14-12(17)13(18)15-10-6-3-4-7-11(10)16(19)20/h3-4,6-7H,2,5,8-9H2,1H3,(H,14,17)(H,15,18). The van der Waals surface area contributed by atoms with Crippen molar-refractivity contribution in [1.82, 2.24) is 5.32 Å². The van der Waals surface area contributed by atoms with Gasteiger partial charge in [0, 0.05) is 25.8 Å². The fourth-order valence-electron chi connectivity index (χ4n) is 1.52. The van der Waals surface area contributed by atoms with Gasteiger partial charge >= 0.3 is 11.8 Å². The van der Waals surface area contributed by atoms with Crippen LogP contribution in [0.15, 0.2) is 24.3 Å². The lowest BCUT2D eigenvalue weighted by molar-refractivity contribution is -0.383. The van der Waals surface area contributed by atoms with Gasteiger partial charge in [0.25, 0.3) is 5.69 Å². The number of nitrogens with one attached hydrogen (secondary N) is 2. The van der Waals surface area contributed by atoms with Crippen LogP contribution in [-0.4, -0.2) is 36.5 Å². The number of anilines is 1. The lowest BCUT2D eigenvalue weighted by Crippen LogP contribution is -2.36. The molecule has 114 valence electrons. The molecule has 0 bridgehead atoms. The van der Waals surface area contributed by atoms with Crippen LogP contribution in [0.4, 0.5) is 11.4 Å². The second-order valence-electron chi connectivity index (χ2n) is 4.03. The topological polar surface area (TPSA) is 111 Å². The summed E-state index contributed by atoms with van der Waals surface area (Å²) in [6.45, 7) is 3.23. The molecule has 1 aromatic rings. The van der Waals surface area contributed by atoms with Gasteiger partial charge in [-0.1, -0.05) is 12.1 Å². The Hall–Kier alpha value is -2.48. The summed E-state index contributed by atoms with van der Waals surface area (Å²) >= 11 is 0. The first-order chi connectivity index (χ1) is 10.1. The molecule has 0 spiro atoms. The highest BCUT2D eigenvalue weighted by atomic mass is 16.6. The molecular weight excluding hydrogens is 278 g/mol. The number of hydrogen-bond donors (Lipinski definition) is 2. The third-order valence-electron chi connectivity index (χ3n) is 2.51. The number of rotatable bonds is 7. The molecule has 0 aromatic heterocycles. The molecule has 0 unspecified atom stereocenters. The van der Waals surface area contributed by atoms with E-state index >= 15 is 0 Å². The van der Waals surface area contributed by atoms with Crippen LogP contribution in [0, 0.1) is 10.1 Å². The Morgan fingerprint density at radius 3 is 2.67 bits per heavy atom. The van der Waals surface area contributed by atoms with E-state index in [4.69, 9.17) is 4.74 Å². The van der Waals surface area contributed by atoms with Crippen molar-refractivity contribution in [3.63, 3.8) is 0 Å². The number of carbonyl (C=O) groups excluding carboxylic acids is 2. The Labute approximate surface area is 121 Å². The maximum Gasteiger partial charge on any atom is 0.313 e. The Kier molecular flexibility index (Phi) is 6.82. The monoisotopic (exact) mass is 295 g/mol. The summed E-state index contributed by atoms with van der Waals surface area (Å²) in [7, 11) is 0. The van der Waals surface area contributed by atoms with E-state index < -0.39 is 16.7 Å². The molecule has 1 aromatic carbocycles. The first kappa shape index (κ1) is 16.6. The van der Waals surface area contributed by atoms with Crippen molar-refractivity contribution >= 4 is 23.2 Å². The number of benzene rings is 1. The second-order valence-corrected chi connectivity index (χ2v) is 4.03. The second kappa shape index (κ2) is 8.64. The smallest absolute Gasteiger partial charge is 0.313 e. The van der Waals surface area contributed by atoms with Crippen LogP contribution in [0.25, 0.3) is 0 Å². The van der Waals surface area contributed by atoms with Gasteiger partial charge in [0.15, 0.2) is 0 Å². The number of ether oxygens (including phenoxy) is 1. The highest BCUT2D eigenvalue weighted by Crippen LogP contribution is 2.22. The molecule has 0 heterocycles. The first-order valence-electron chi connectivity index (χ1n) is 6.46. The number of nitro benzene ring substituents is 1. The van der Waals surface area contributed by atoms with Crippen LogP contribution in [0.1, 0.15) is 13.3 Å². The maximum absolute atomic E-state index is 11.6. The Balaban J connectivity index is 2.49. The van der Waals surface area contributed by atoms with Crippen LogP contribution >= 0.6 is 0 Å². The summed E-state index contributed by atoms with van der Waals surface area (Å²) < 4.78 is 5.09. The summed E-state index contributed by atoms with van der Waals surface area (Å²) in [4.78, 5) is 33.3. The van der Waals surface area contributed by atoms with Crippen molar-refractivity contribution < 1.29 is 19.2 Å². The summed E-state index contributed by atoms with van der Waals surface area (Å²) in [5.41, 5.74) is -0.285. The van der Waals surface area contributed by atoms with Crippen LogP contribution in [0.3, 0.4) is 0 Å². The van der Waals surface area contributed by atoms with Crippen molar-refractivity contribution in [3.05, 3.63) is 34.4 Å². The molecule has 0 saturated carbocycles. The highest BCUT2D eigenvalue weighted by Gasteiger charge is 2.18. The minimum Gasteiger partial charge on any atom is -0.382 e. The summed E-state index contributed by atoms with van der Waals surface area (Å²) in [5.74, 6) is -1.79. The zero-order chi connectivity index (χ0) is 15.7. The number of para-hydroxylation sites is 2. The average Bonchev–Trinajstić information content (AvgIpc) is 2.47. The molecule has 0 saturated heterocycles. The SMILES string of the molecule is CCOCCCNC(=O)C(=O)Nc1ccccc1[N+](=O)[O-]. The lowest BCUT2D eigenvalue weighted by Gasteiger charge is -2.07. The van der Waals surface area contributed by atoms with Crippen molar-refractivity contribution in [2.24, 2.45) is 0 Å². The molecule has 0 aliphatic carbocycles. The van der Waals surface area contributed by atoms with E-state index in [1.165, 1.54) is 24.3 Å². The number of nitro groups is 1.